The molecule has 14 heavy (non-hydrogen) atoms. The molecule has 1 saturated heterocycles. The van der Waals surface area contributed by atoms with Crippen LogP contribution in [-0.2, 0) is 0 Å². The molecule has 2 heteroatoms. The molecule has 1 aliphatic rings. The first-order valence-electron chi connectivity index (χ1n) is 5.20. The van der Waals surface area contributed by atoms with Gasteiger partial charge in [0, 0.05) is 19.0 Å². The van der Waals surface area contributed by atoms with E-state index in [0.29, 0.717) is 12.0 Å². The molecule has 76 valence electrons. The molecule has 0 radical (unpaired) electrons. The van der Waals surface area contributed by atoms with Crippen molar-refractivity contribution in [2.45, 2.75) is 20.0 Å². The van der Waals surface area contributed by atoms with Crippen molar-refractivity contribution in [3.8, 4) is 5.75 Å². The Morgan fingerprint density at radius 2 is 2.21 bits per heavy atom. The van der Waals surface area contributed by atoms with Gasteiger partial charge in [-0.15, -0.1) is 0 Å². The highest BCUT2D eigenvalue weighted by Gasteiger charge is 2.24. The molecule has 0 aromatic heterocycles. The van der Waals surface area contributed by atoms with Crippen LogP contribution in [0, 0.1) is 12.8 Å². The average molecular weight is 191 g/mol. The summed E-state index contributed by atoms with van der Waals surface area (Å²) in [6.45, 7) is 6.41. The lowest BCUT2D eigenvalue weighted by atomic mass is 9.97. The monoisotopic (exact) mass is 191 g/mol. The molecule has 1 fully saturated rings. The van der Waals surface area contributed by atoms with Gasteiger partial charge in [0.2, 0.25) is 0 Å². The van der Waals surface area contributed by atoms with Gasteiger partial charge in [0.25, 0.3) is 0 Å². The molecule has 2 nitrogen and oxygen atoms in total. The fourth-order valence-electron chi connectivity index (χ4n) is 1.64. The predicted octanol–water partition coefficient (Wildman–Crippen LogP) is 1.98. The van der Waals surface area contributed by atoms with Gasteiger partial charge in [0.15, 0.2) is 0 Å². The third-order valence-corrected chi connectivity index (χ3v) is 2.79. The van der Waals surface area contributed by atoms with Crippen LogP contribution in [0.4, 0.5) is 0 Å². The molecule has 0 spiro atoms. The molecular weight excluding hydrogens is 174 g/mol. The van der Waals surface area contributed by atoms with Crippen LogP contribution in [0.3, 0.4) is 0 Å². The van der Waals surface area contributed by atoms with E-state index in [0.717, 1.165) is 18.8 Å². The van der Waals surface area contributed by atoms with Gasteiger partial charge in [-0.2, -0.15) is 0 Å². The van der Waals surface area contributed by atoms with E-state index in [1.54, 1.807) is 0 Å². The molecular formula is C12H17NO. The van der Waals surface area contributed by atoms with Crippen molar-refractivity contribution in [3.63, 3.8) is 0 Å². The smallest absolute Gasteiger partial charge is 0.119 e. The summed E-state index contributed by atoms with van der Waals surface area (Å²) in [7, 11) is 0. The Bertz CT molecular complexity index is 307. The summed E-state index contributed by atoms with van der Waals surface area (Å²) in [5.74, 6) is 1.67. The normalized spacial score (nSPS) is 18.7. The lowest BCUT2D eigenvalue weighted by Gasteiger charge is -2.32. The summed E-state index contributed by atoms with van der Waals surface area (Å²) in [4.78, 5) is 0. The van der Waals surface area contributed by atoms with Crippen molar-refractivity contribution in [1.82, 2.24) is 5.32 Å². The van der Waals surface area contributed by atoms with Crippen LogP contribution in [-0.4, -0.2) is 19.2 Å². The van der Waals surface area contributed by atoms with Crippen LogP contribution in [0.5, 0.6) is 5.75 Å². The minimum Gasteiger partial charge on any atom is -0.490 e. The van der Waals surface area contributed by atoms with E-state index >= 15 is 0 Å². The highest BCUT2D eigenvalue weighted by molar-refractivity contribution is 5.27. The zero-order chi connectivity index (χ0) is 9.97. The molecule has 2 rings (SSSR count). The Morgan fingerprint density at radius 1 is 1.43 bits per heavy atom. The Balaban J connectivity index is 1.95. The van der Waals surface area contributed by atoms with E-state index in [1.165, 1.54) is 5.56 Å². The van der Waals surface area contributed by atoms with Crippen LogP contribution >= 0.6 is 0 Å². The van der Waals surface area contributed by atoms with Crippen molar-refractivity contribution in [1.29, 1.82) is 0 Å². The Kier molecular flexibility index (Phi) is 2.73. The van der Waals surface area contributed by atoms with Gasteiger partial charge in [-0.1, -0.05) is 12.1 Å². The van der Waals surface area contributed by atoms with Crippen LogP contribution in [0.2, 0.25) is 0 Å². The van der Waals surface area contributed by atoms with Crippen molar-refractivity contribution in [3.05, 3.63) is 29.8 Å². The van der Waals surface area contributed by atoms with Crippen molar-refractivity contribution in [2.24, 2.45) is 5.92 Å². The zero-order valence-corrected chi connectivity index (χ0v) is 8.79. The summed E-state index contributed by atoms with van der Waals surface area (Å²) in [5, 5.41) is 3.26. The average Bonchev–Trinajstić information content (AvgIpc) is 1.99. The number of nitrogens with one attached hydrogen (secondary N) is 1. The minimum absolute atomic E-state index is 0.318. The Morgan fingerprint density at radius 3 is 2.79 bits per heavy atom. The lowest BCUT2D eigenvalue weighted by Crippen LogP contribution is -2.49. The third kappa shape index (κ3) is 2.07. The van der Waals surface area contributed by atoms with Crippen LogP contribution in [0.25, 0.3) is 0 Å². The molecule has 1 aliphatic heterocycles. The minimum atomic E-state index is 0.318. The number of hydrogen-bond acceptors (Lipinski definition) is 2. The third-order valence-electron chi connectivity index (χ3n) is 2.79. The Hall–Kier alpha value is -1.02. The van der Waals surface area contributed by atoms with E-state index in [-0.39, 0.29) is 0 Å². The van der Waals surface area contributed by atoms with Gasteiger partial charge >= 0.3 is 0 Å². The second kappa shape index (κ2) is 4.01. The van der Waals surface area contributed by atoms with E-state index in [4.69, 9.17) is 4.74 Å². The van der Waals surface area contributed by atoms with Crippen LogP contribution in [0.1, 0.15) is 12.5 Å². The van der Waals surface area contributed by atoms with Crippen molar-refractivity contribution >= 4 is 0 Å². The molecule has 1 aromatic rings. The highest BCUT2D eigenvalue weighted by Crippen LogP contribution is 2.19. The molecule has 0 bridgehead atoms. The van der Waals surface area contributed by atoms with Gasteiger partial charge < -0.3 is 10.1 Å². The van der Waals surface area contributed by atoms with Gasteiger partial charge in [-0.05, 0) is 31.5 Å². The van der Waals surface area contributed by atoms with Crippen molar-refractivity contribution in [2.75, 3.05) is 13.1 Å². The summed E-state index contributed by atoms with van der Waals surface area (Å²) >= 11 is 0. The second-order valence-electron chi connectivity index (χ2n) is 4.06. The largest absolute Gasteiger partial charge is 0.490 e. The van der Waals surface area contributed by atoms with Gasteiger partial charge in [0.1, 0.15) is 11.9 Å². The first-order chi connectivity index (χ1) is 6.75. The maximum atomic E-state index is 5.86. The highest BCUT2D eigenvalue weighted by atomic mass is 16.5. The molecule has 1 aromatic carbocycles. The van der Waals surface area contributed by atoms with Crippen molar-refractivity contribution < 1.29 is 4.74 Å². The summed E-state index contributed by atoms with van der Waals surface area (Å²) in [6.07, 6.45) is 0.318. The van der Waals surface area contributed by atoms with Gasteiger partial charge in [-0.3, -0.25) is 0 Å². The van der Waals surface area contributed by atoms with E-state index in [2.05, 4.69) is 31.3 Å². The number of hydrogen-bond donors (Lipinski definition) is 1. The Labute approximate surface area is 85.3 Å². The second-order valence-corrected chi connectivity index (χ2v) is 4.06. The standard InChI is InChI=1S/C12H17NO/c1-9-4-3-5-12(6-9)14-10(2)11-7-13-8-11/h3-6,10-11,13H,7-8H2,1-2H3. The molecule has 1 unspecified atom stereocenters. The SMILES string of the molecule is Cc1cccc(OC(C)C2CNC2)c1. The molecule has 1 N–H and O–H groups in total. The predicted molar refractivity (Wildman–Crippen MR) is 57.6 cm³/mol. The molecule has 0 amide bonds. The number of rotatable bonds is 3. The van der Waals surface area contributed by atoms with Gasteiger partial charge in [0.05, 0.1) is 0 Å². The number of ether oxygens (including phenoxy) is 1. The van der Waals surface area contributed by atoms with Crippen LogP contribution in [0.15, 0.2) is 24.3 Å². The first-order valence-corrected chi connectivity index (χ1v) is 5.20. The molecule has 0 aliphatic carbocycles. The number of aryl methyl sites for hydroxylation is 1. The summed E-state index contributed by atoms with van der Waals surface area (Å²) < 4.78 is 5.86. The molecule has 0 saturated carbocycles. The van der Waals surface area contributed by atoms with E-state index < -0.39 is 0 Å². The fraction of sp³-hybridized carbons (Fsp3) is 0.500. The lowest BCUT2D eigenvalue weighted by molar-refractivity contribution is 0.115. The summed E-state index contributed by atoms with van der Waals surface area (Å²) in [5.41, 5.74) is 1.25. The van der Waals surface area contributed by atoms with E-state index in [9.17, 15) is 0 Å². The summed E-state index contributed by atoms with van der Waals surface area (Å²) in [6, 6.07) is 8.23. The zero-order valence-electron chi connectivity index (χ0n) is 8.79. The fourth-order valence-corrected chi connectivity index (χ4v) is 1.64. The quantitative estimate of drug-likeness (QED) is 0.788. The maximum Gasteiger partial charge on any atom is 0.119 e. The van der Waals surface area contributed by atoms with Gasteiger partial charge in [-0.25, -0.2) is 0 Å². The topological polar surface area (TPSA) is 21.3 Å². The van der Waals surface area contributed by atoms with Crippen LogP contribution < -0.4 is 10.1 Å². The molecule has 1 heterocycles. The maximum absolute atomic E-state index is 5.86. The molecule has 1 atom stereocenters. The first kappa shape index (κ1) is 9.53. The number of benzene rings is 1. The van der Waals surface area contributed by atoms with E-state index in [1.807, 2.05) is 12.1 Å².